The monoisotopic (exact) mass is 313 g/mol. The van der Waals surface area contributed by atoms with Crippen molar-refractivity contribution in [2.24, 2.45) is 0 Å². The van der Waals surface area contributed by atoms with Crippen LogP contribution in [-0.2, 0) is 6.54 Å². The summed E-state index contributed by atoms with van der Waals surface area (Å²) in [7, 11) is 0. The number of halogens is 1. The minimum absolute atomic E-state index is 0.447. The molecule has 0 fully saturated rings. The minimum Gasteiger partial charge on any atom is -0.492 e. The molecule has 1 aromatic carbocycles. The Kier molecular flexibility index (Phi) is 4.17. The van der Waals surface area contributed by atoms with Gasteiger partial charge in [-0.05, 0) is 12.1 Å². The normalized spacial score (nSPS) is 10.5. The van der Waals surface area contributed by atoms with Gasteiger partial charge >= 0.3 is 0 Å². The highest BCUT2D eigenvalue weighted by molar-refractivity contribution is 6.35. The Morgan fingerprint density at radius 2 is 2.23 bits per heavy atom. The quantitative estimate of drug-likeness (QED) is 0.677. The summed E-state index contributed by atoms with van der Waals surface area (Å²) >= 11 is 6.12. The smallest absolute Gasteiger partial charge is 0.139 e. The van der Waals surface area contributed by atoms with E-state index in [9.17, 15) is 5.26 Å². The highest BCUT2D eigenvalue weighted by Gasteiger charge is 2.09. The third-order valence-corrected chi connectivity index (χ3v) is 3.50. The third-order valence-electron chi connectivity index (χ3n) is 3.17. The van der Waals surface area contributed by atoms with Gasteiger partial charge < -0.3 is 4.74 Å². The predicted octanol–water partition coefficient (Wildman–Crippen LogP) is 2.82. The molecule has 0 unspecified atom stereocenters. The molecule has 2 heterocycles. The molecule has 0 aliphatic heterocycles. The summed E-state index contributed by atoms with van der Waals surface area (Å²) in [6.07, 6.45) is 5.82. The minimum atomic E-state index is 0.447. The third kappa shape index (κ3) is 3.00. The summed E-state index contributed by atoms with van der Waals surface area (Å²) in [4.78, 5) is 4.25. The molecule has 0 radical (unpaired) electrons. The fourth-order valence-corrected chi connectivity index (χ4v) is 2.32. The average molecular weight is 314 g/mol. The number of aromatic nitrogens is 4. The van der Waals surface area contributed by atoms with Crippen molar-refractivity contribution >= 4 is 22.5 Å². The van der Waals surface area contributed by atoms with Crippen LogP contribution in [0.25, 0.3) is 10.9 Å². The molecule has 0 aliphatic carbocycles. The molecule has 0 N–H and O–H groups in total. The van der Waals surface area contributed by atoms with Gasteiger partial charge in [0.1, 0.15) is 11.8 Å². The van der Waals surface area contributed by atoms with Crippen LogP contribution in [0.3, 0.4) is 0 Å². The number of aryl methyl sites for hydroxylation is 1. The Bertz CT molecular complexity index is 826. The first-order chi connectivity index (χ1) is 10.8. The molecule has 7 heteroatoms. The number of hydrogen-bond acceptors (Lipinski definition) is 5. The molecule has 3 rings (SSSR count). The summed E-state index contributed by atoms with van der Waals surface area (Å²) < 4.78 is 7.44. The van der Waals surface area contributed by atoms with Gasteiger partial charge in [-0.1, -0.05) is 16.8 Å². The van der Waals surface area contributed by atoms with Crippen LogP contribution in [0.2, 0.25) is 5.02 Å². The number of pyridine rings is 1. The average Bonchev–Trinajstić information content (AvgIpc) is 3.04. The van der Waals surface area contributed by atoms with E-state index in [-0.39, 0.29) is 0 Å². The van der Waals surface area contributed by atoms with Gasteiger partial charge in [0.25, 0.3) is 0 Å². The zero-order valence-corrected chi connectivity index (χ0v) is 12.4. The maximum atomic E-state index is 9.26. The van der Waals surface area contributed by atoms with Crippen LogP contribution < -0.4 is 4.74 Å². The topological polar surface area (TPSA) is 76.6 Å². The van der Waals surface area contributed by atoms with E-state index in [2.05, 4.69) is 21.4 Å². The van der Waals surface area contributed by atoms with Crippen LogP contribution in [0.1, 0.15) is 12.0 Å². The molecule has 0 saturated heterocycles. The lowest BCUT2D eigenvalue weighted by molar-refractivity contribution is 0.297. The molecule has 0 atom stereocenters. The second-order valence-corrected chi connectivity index (χ2v) is 5.05. The van der Waals surface area contributed by atoms with Crippen LogP contribution >= 0.6 is 11.6 Å². The Balaban J connectivity index is 1.74. The van der Waals surface area contributed by atoms with E-state index in [1.807, 2.05) is 0 Å². The molecule has 2 aromatic heterocycles. The van der Waals surface area contributed by atoms with E-state index in [4.69, 9.17) is 16.3 Å². The van der Waals surface area contributed by atoms with E-state index in [0.717, 1.165) is 11.8 Å². The fraction of sp³-hybridized carbons (Fsp3) is 0.200. The molecular weight excluding hydrogens is 302 g/mol. The summed E-state index contributed by atoms with van der Waals surface area (Å²) in [5, 5.41) is 18.2. The van der Waals surface area contributed by atoms with Gasteiger partial charge in [-0.15, -0.1) is 5.10 Å². The lowest BCUT2D eigenvalue weighted by Crippen LogP contribution is -2.06. The summed E-state index contributed by atoms with van der Waals surface area (Å²) in [6.45, 7) is 1.18. The molecule has 0 amide bonds. The number of hydrogen-bond donors (Lipinski definition) is 0. The first-order valence-electron chi connectivity index (χ1n) is 6.73. The zero-order chi connectivity index (χ0) is 15.4. The maximum Gasteiger partial charge on any atom is 0.139 e. The lowest BCUT2D eigenvalue weighted by atomic mass is 10.1. The van der Waals surface area contributed by atoms with Gasteiger partial charge in [0.2, 0.25) is 0 Å². The van der Waals surface area contributed by atoms with Gasteiger partial charge in [0.15, 0.2) is 0 Å². The van der Waals surface area contributed by atoms with Crippen molar-refractivity contribution in [3.05, 3.63) is 47.4 Å². The number of nitrogens with zero attached hydrogens (tertiary/aromatic N) is 5. The number of ether oxygens (including phenoxy) is 1. The Morgan fingerprint density at radius 1 is 1.32 bits per heavy atom. The number of nitriles is 1. The number of benzene rings is 1. The second kappa shape index (κ2) is 6.41. The van der Waals surface area contributed by atoms with Crippen molar-refractivity contribution in [1.82, 2.24) is 20.0 Å². The fourth-order valence-electron chi connectivity index (χ4n) is 2.11. The number of rotatable bonds is 5. The van der Waals surface area contributed by atoms with E-state index in [1.165, 1.54) is 0 Å². The maximum absolute atomic E-state index is 9.26. The van der Waals surface area contributed by atoms with Crippen molar-refractivity contribution in [1.29, 1.82) is 5.26 Å². The molecule has 3 aromatic rings. The second-order valence-electron chi connectivity index (χ2n) is 4.64. The molecule has 0 aliphatic rings. The number of fused-ring (bicyclic) bond motifs is 1. The SMILES string of the molecule is N#Cc1cc2c(Cl)ccnc2cc1OCCCn1ccnn1. The van der Waals surface area contributed by atoms with E-state index in [0.29, 0.717) is 35.0 Å². The summed E-state index contributed by atoms with van der Waals surface area (Å²) in [5.74, 6) is 0.517. The van der Waals surface area contributed by atoms with E-state index < -0.39 is 0 Å². The first-order valence-corrected chi connectivity index (χ1v) is 7.11. The van der Waals surface area contributed by atoms with Gasteiger partial charge in [-0.2, -0.15) is 5.26 Å². The molecule has 0 saturated carbocycles. The Hall–Kier alpha value is -2.65. The molecule has 110 valence electrons. The van der Waals surface area contributed by atoms with Crippen molar-refractivity contribution in [3.63, 3.8) is 0 Å². The lowest BCUT2D eigenvalue weighted by Gasteiger charge is -2.09. The van der Waals surface area contributed by atoms with Crippen molar-refractivity contribution in [3.8, 4) is 11.8 Å². The summed E-state index contributed by atoms with van der Waals surface area (Å²) in [6, 6.07) is 7.28. The standard InChI is InChI=1S/C15H12ClN5O/c16-13-2-3-18-14-9-15(11(10-17)8-12(13)14)22-7-1-5-21-6-4-19-20-21/h2-4,6,8-9H,1,5,7H2. The molecular formula is C15H12ClN5O. The van der Waals surface area contributed by atoms with Crippen LogP contribution in [0.15, 0.2) is 36.8 Å². The van der Waals surface area contributed by atoms with Crippen LogP contribution in [0.4, 0.5) is 0 Å². The Morgan fingerprint density at radius 3 is 3.00 bits per heavy atom. The Labute approximate surface area is 131 Å². The van der Waals surface area contributed by atoms with Gasteiger partial charge in [-0.3, -0.25) is 9.67 Å². The molecule has 22 heavy (non-hydrogen) atoms. The highest BCUT2D eigenvalue weighted by Crippen LogP contribution is 2.28. The summed E-state index contributed by atoms with van der Waals surface area (Å²) in [5.41, 5.74) is 1.15. The van der Waals surface area contributed by atoms with Crippen LogP contribution in [0, 0.1) is 11.3 Å². The van der Waals surface area contributed by atoms with Crippen LogP contribution in [0.5, 0.6) is 5.75 Å². The molecule has 0 spiro atoms. The van der Waals surface area contributed by atoms with Gasteiger partial charge in [0.05, 0.1) is 28.9 Å². The van der Waals surface area contributed by atoms with Crippen molar-refractivity contribution < 1.29 is 4.74 Å². The zero-order valence-electron chi connectivity index (χ0n) is 11.6. The largest absolute Gasteiger partial charge is 0.492 e. The van der Waals surface area contributed by atoms with Crippen LogP contribution in [-0.4, -0.2) is 26.6 Å². The molecule has 6 nitrogen and oxygen atoms in total. The molecule has 0 bridgehead atoms. The van der Waals surface area contributed by atoms with Crippen molar-refractivity contribution in [2.45, 2.75) is 13.0 Å². The first kappa shape index (κ1) is 14.3. The van der Waals surface area contributed by atoms with E-state index >= 15 is 0 Å². The van der Waals surface area contributed by atoms with E-state index in [1.54, 1.807) is 41.5 Å². The van der Waals surface area contributed by atoms with Crippen molar-refractivity contribution in [2.75, 3.05) is 6.61 Å². The van der Waals surface area contributed by atoms with Gasteiger partial charge in [-0.25, -0.2) is 0 Å². The predicted molar refractivity (Wildman–Crippen MR) is 81.6 cm³/mol. The highest BCUT2D eigenvalue weighted by atomic mass is 35.5. The van der Waals surface area contributed by atoms with Gasteiger partial charge in [0, 0.05) is 36.8 Å².